The largest absolute Gasteiger partial charge is 0.384 e. The number of hydrogen-bond donors (Lipinski definition) is 1. The minimum absolute atomic E-state index is 0.346. The van der Waals surface area contributed by atoms with Crippen LogP contribution in [0.5, 0.6) is 0 Å². The fraction of sp³-hybridized carbons (Fsp3) is 0.789. The van der Waals surface area contributed by atoms with Crippen LogP contribution in [0.1, 0.15) is 57.2 Å². The van der Waals surface area contributed by atoms with Crippen molar-refractivity contribution in [2.45, 2.75) is 63.5 Å². The predicted octanol–water partition coefficient (Wildman–Crippen LogP) is 5.01. The van der Waals surface area contributed by atoms with Gasteiger partial charge in [0.05, 0.1) is 3.79 Å². The molecule has 3 unspecified atom stereocenters. The van der Waals surface area contributed by atoms with Crippen LogP contribution < -0.4 is 0 Å². The molecule has 2 nitrogen and oxygen atoms in total. The van der Waals surface area contributed by atoms with Gasteiger partial charge < -0.3 is 5.11 Å². The number of nitrogens with zero attached hydrogens (tertiary/aromatic N) is 1. The van der Waals surface area contributed by atoms with Crippen LogP contribution >= 0.6 is 27.3 Å². The van der Waals surface area contributed by atoms with Gasteiger partial charge >= 0.3 is 0 Å². The summed E-state index contributed by atoms with van der Waals surface area (Å²) in [5, 5.41) is 11.8. The first-order chi connectivity index (χ1) is 11.0. The maximum absolute atomic E-state index is 11.8. The second-order valence-electron chi connectivity index (χ2n) is 8.20. The Hall–Kier alpha value is 0.1000. The van der Waals surface area contributed by atoms with E-state index in [0.717, 1.165) is 40.5 Å². The van der Waals surface area contributed by atoms with Crippen molar-refractivity contribution in [3.8, 4) is 0 Å². The molecule has 23 heavy (non-hydrogen) atoms. The lowest BCUT2D eigenvalue weighted by Gasteiger charge is -2.67. The first-order valence-electron chi connectivity index (χ1n) is 9.21. The molecule has 0 spiro atoms. The number of rotatable bonds is 5. The first kappa shape index (κ1) is 16.6. The summed E-state index contributed by atoms with van der Waals surface area (Å²) in [6, 6.07) is 4.23. The number of thiophene rings is 1. The molecule has 4 saturated carbocycles. The van der Waals surface area contributed by atoms with E-state index < -0.39 is 5.60 Å². The van der Waals surface area contributed by atoms with Crippen molar-refractivity contribution in [1.29, 1.82) is 0 Å². The van der Waals surface area contributed by atoms with E-state index in [1.165, 1.54) is 25.7 Å². The van der Waals surface area contributed by atoms with E-state index in [9.17, 15) is 5.11 Å². The number of hydrogen-bond acceptors (Lipinski definition) is 3. The maximum Gasteiger partial charge on any atom is 0.105 e. The zero-order valence-corrected chi connectivity index (χ0v) is 16.6. The molecular weight excluding hydrogens is 370 g/mol. The molecular formula is C19H28BrNOS. The third kappa shape index (κ3) is 2.47. The van der Waals surface area contributed by atoms with Gasteiger partial charge in [-0.1, -0.05) is 20.3 Å². The van der Waals surface area contributed by atoms with E-state index >= 15 is 0 Å². The van der Waals surface area contributed by atoms with Crippen LogP contribution in [0.3, 0.4) is 0 Å². The molecule has 1 aromatic rings. The van der Waals surface area contributed by atoms with Crippen LogP contribution in [0, 0.1) is 17.8 Å². The number of aliphatic hydroxyl groups is 1. The summed E-state index contributed by atoms with van der Waals surface area (Å²) >= 11 is 5.30. The highest BCUT2D eigenvalue weighted by Gasteiger charge is 2.60. The highest BCUT2D eigenvalue weighted by atomic mass is 79.9. The summed E-state index contributed by atoms with van der Waals surface area (Å²) in [5.41, 5.74) is -0.136. The van der Waals surface area contributed by atoms with E-state index in [1.807, 2.05) is 0 Å². The number of halogens is 1. The van der Waals surface area contributed by atoms with E-state index in [4.69, 9.17) is 0 Å². The molecule has 5 rings (SSSR count). The molecule has 0 amide bonds. The van der Waals surface area contributed by atoms with Gasteiger partial charge in [-0.25, -0.2) is 0 Å². The van der Waals surface area contributed by atoms with Crippen molar-refractivity contribution in [2.75, 3.05) is 13.1 Å². The van der Waals surface area contributed by atoms with Gasteiger partial charge in [0.2, 0.25) is 0 Å². The van der Waals surface area contributed by atoms with E-state index in [-0.39, 0.29) is 0 Å². The lowest BCUT2D eigenvalue weighted by atomic mass is 9.49. The lowest BCUT2D eigenvalue weighted by Crippen LogP contribution is -2.69. The molecule has 128 valence electrons. The lowest BCUT2D eigenvalue weighted by molar-refractivity contribution is -0.169. The zero-order valence-electron chi connectivity index (χ0n) is 14.2. The third-order valence-electron chi connectivity index (χ3n) is 7.03. The van der Waals surface area contributed by atoms with Gasteiger partial charge in [-0.3, -0.25) is 4.90 Å². The molecule has 2 bridgehead atoms. The molecule has 1 aromatic heterocycles. The summed E-state index contributed by atoms with van der Waals surface area (Å²) in [6.07, 6.45) is 7.78. The minimum Gasteiger partial charge on any atom is -0.384 e. The van der Waals surface area contributed by atoms with Crippen molar-refractivity contribution < 1.29 is 5.11 Å². The van der Waals surface area contributed by atoms with Gasteiger partial charge in [0, 0.05) is 22.9 Å². The molecule has 0 radical (unpaired) electrons. The van der Waals surface area contributed by atoms with Crippen LogP contribution in [0.25, 0.3) is 0 Å². The minimum atomic E-state index is -0.647. The second-order valence-corrected chi connectivity index (χ2v) is 10.7. The van der Waals surface area contributed by atoms with Gasteiger partial charge in [0.1, 0.15) is 5.60 Å². The van der Waals surface area contributed by atoms with Crippen molar-refractivity contribution in [3.63, 3.8) is 0 Å². The SMILES string of the molecule is CCN(CC1CCCC(C)C1(O)c1ccc(Br)s1)C12CC(C1)C2. The van der Waals surface area contributed by atoms with Crippen LogP contribution in [-0.4, -0.2) is 28.6 Å². The van der Waals surface area contributed by atoms with Crippen LogP contribution in [0.4, 0.5) is 0 Å². The van der Waals surface area contributed by atoms with Crippen molar-refractivity contribution in [3.05, 3.63) is 20.8 Å². The van der Waals surface area contributed by atoms with Gasteiger partial charge in [-0.15, -0.1) is 11.3 Å². The van der Waals surface area contributed by atoms with Crippen LogP contribution in [0.2, 0.25) is 0 Å². The smallest absolute Gasteiger partial charge is 0.105 e. The molecule has 3 atom stereocenters. The van der Waals surface area contributed by atoms with Gasteiger partial charge in [-0.2, -0.15) is 0 Å². The Kier molecular flexibility index (Phi) is 4.19. The average Bonchev–Trinajstić information content (AvgIpc) is 2.86. The van der Waals surface area contributed by atoms with Gasteiger partial charge in [-0.05, 0) is 78.5 Å². The molecule has 4 heteroatoms. The van der Waals surface area contributed by atoms with Crippen LogP contribution in [-0.2, 0) is 5.60 Å². The molecule has 4 aliphatic rings. The Morgan fingerprint density at radius 2 is 2.04 bits per heavy atom. The molecule has 1 heterocycles. The average molecular weight is 398 g/mol. The maximum atomic E-state index is 11.8. The Morgan fingerprint density at radius 1 is 1.30 bits per heavy atom. The zero-order chi connectivity index (χ0) is 16.2. The predicted molar refractivity (Wildman–Crippen MR) is 99.7 cm³/mol. The molecule has 0 saturated heterocycles. The highest BCUT2D eigenvalue weighted by Crippen LogP contribution is 2.61. The van der Waals surface area contributed by atoms with Crippen molar-refractivity contribution >= 4 is 27.3 Å². The Bertz CT molecular complexity index is 571. The van der Waals surface area contributed by atoms with Gasteiger partial charge in [0.25, 0.3) is 0 Å². The van der Waals surface area contributed by atoms with Crippen molar-refractivity contribution in [1.82, 2.24) is 4.90 Å². The standard InChI is InChI=1S/C19H28BrNOS/c1-3-21(18-9-14(10-18)11-18)12-15-6-4-5-13(2)19(15,22)16-7-8-17(20)23-16/h7-8,13-15,22H,3-6,9-12H2,1-2H3. The third-order valence-corrected chi connectivity index (χ3v) is 8.79. The normalized spacial score (nSPS) is 42.4. The molecule has 4 aliphatic carbocycles. The fourth-order valence-electron chi connectivity index (χ4n) is 5.46. The Morgan fingerprint density at radius 3 is 2.57 bits per heavy atom. The fourth-order valence-corrected chi connectivity index (χ4v) is 7.13. The van der Waals surface area contributed by atoms with E-state index in [2.05, 4.69) is 46.8 Å². The molecule has 4 fully saturated rings. The summed E-state index contributed by atoms with van der Waals surface area (Å²) in [4.78, 5) is 3.87. The van der Waals surface area contributed by atoms with Crippen molar-refractivity contribution in [2.24, 2.45) is 17.8 Å². The summed E-state index contributed by atoms with van der Waals surface area (Å²) in [6.45, 7) is 6.74. The topological polar surface area (TPSA) is 23.5 Å². The first-order valence-corrected chi connectivity index (χ1v) is 10.8. The molecule has 0 aromatic carbocycles. The van der Waals surface area contributed by atoms with Crippen LogP contribution in [0.15, 0.2) is 15.9 Å². The van der Waals surface area contributed by atoms with Gasteiger partial charge in [0.15, 0.2) is 0 Å². The Labute approximate surface area is 152 Å². The second kappa shape index (κ2) is 5.82. The molecule has 0 aliphatic heterocycles. The summed E-state index contributed by atoms with van der Waals surface area (Å²) in [5.74, 6) is 1.73. The molecule has 1 N–H and O–H groups in total. The van der Waals surface area contributed by atoms with E-state index in [1.54, 1.807) is 11.3 Å². The van der Waals surface area contributed by atoms with E-state index in [0.29, 0.717) is 17.4 Å². The monoisotopic (exact) mass is 397 g/mol. The quantitative estimate of drug-likeness (QED) is 0.754. The summed E-state index contributed by atoms with van der Waals surface area (Å²) < 4.78 is 1.13. The Balaban J connectivity index is 1.59. The summed E-state index contributed by atoms with van der Waals surface area (Å²) in [7, 11) is 0. The highest BCUT2D eigenvalue weighted by molar-refractivity contribution is 9.11.